The second-order valence-corrected chi connectivity index (χ2v) is 10.7. The predicted octanol–water partition coefficient (Wildman–Crippen LogP) is 3.55. The van der Waals surface area contributed by atoms with Gasteiger partial charge in [-0.3, -0.25) is 9.59 Å². The summed E-state index contributed by atoms with van der Waals surface area (Å²) in [4.78, 5) is 27.2. The second kappa shape index (κ2) is 9.43. The summed E-state index contributed by atoms with van der Waals surface area (Å²) in [5.41, 5.74) is 7.04. The zero-order chi connectivity index (χ0) is 25.3. The molecule has 2 N–H and O–H groups in total. The molecule has 3 rings (SSSR count). The SMILES string of the molecule is CC(C)(C)OC(=O)CN(Cc1ccc(B2OC(C)(C)C(C)(C)O2)cc1)C(=O)c1ccc(N)cc1. The van der Waals surface area contributed by atoms with Crippen LogP contribution in [-0.4, -0.2) is 47.2 Å². The molecule has 34 heavy (non-hydrogen) atoms. The number of ether oxygens (including phenoxy) is 1. The lowest BCUT2D eigenvalue weighted by Crippen LogP contribution is -2.41. The van der Waals surface area contributed by atoms with E-state index in [0.717, 1.165) is 11.0 Å². The molecule has 8 heteroatoms. The van der Waals surface area contributed by atoms with Crippen molar-refractivity contribution in [2.75, 3.05) is 12.3 Å². The fraction of sp³-hybridized carbons (Fsp3) is 0.462. The molecular weight excluding hydrogens is 431 g/mol. The highest BCUT2D eigenvalue weighted by Gasteiger charge is 2.51. The maximum absolute atomic E-state index is 13.2. The number of carbonyl (C=O) groups is 2. The number of nitrogens with zero attached hydrogens (tertiary/aromatic N) is 1. The molecular formula is C26H35BN2O5. The van der Waals surface area contributed by atoms with Gasteiger partial charge in [-0.05, 0) is 83.8 Å². The van der Waals surface area contributed by atoms with Crippen molar-refractivity contribution in [3.8, 4) is 0 Å². The van der Waals surface area contributed by atoms with Crippen molar-refractivity contribution in [2.45, 2.75) is 71.8 Å². The maximum atomic E-state index is 13.2. The summed E-state index contributed by atoms with van der Waals surface area (Å²) >= 11 is 0. The molecule has 1 saturated heterocycles. The predicted molar refractivity (Wildman–Crippen MR) is 134 cm³/mol. The fourth-order valence-corrected chi connectivity index (χ4v) is 3.52. The van der Waals surface area contributed by atoms with Gasteiger partial charge in [0.05, 0.1) is 11.2 Å². The Balaban J connectivity index is 1.78. The first-order valence-electron chi connectivity index (χ1n) is 11.5. The Kier molecular flexibility index (Phi) is 7.15. The lowest BCUT2D eigenvalue weighted by Gasteiger charge is -2.32. The second-order valence-electron chi connectivity index (χ2n) is 10.7. The first-order valence-corrected chi connectivity index (χ1v) is 11.5. The van der Waals surface area contributed by atoms with Crippen LogP contribution in [0.25, 0.3) is 0 Å². The van der Waals surface area contributed by atoms with Crippen molar-refractivity contribution in [1.29, 1.82) is 0 Å². The van der Waals surface area contributed by atoms with E-state index < -0.39 is 29.9 Å². The Hall–Kier alpha value is -2.84. The number of amides is 1. The normalized spacial score (nSPS) is 16.9. The third-order valence-corrected chi connectivity index (χ3v) is 6.06. The minimum absolute atomic E-state index is 0.167. The van der Waals surface area contributed by atoms with E-state index in [1.807, 2.05) is 52.0 Å². The number of carbonyl (C=O) groups excluding carboxylic acids is 2. The summed E-state index contributed by atoms with van der Waals surface area (Å²) < 4.78 is 17.7. The summed E-state index contributed by atoms with van der Waals surface area (Å²) in [5, 5.41) is 0. The number of rotatable bonds is 6. The van der Waals surface area contributed by atoms with Crippen LogP contribution in [0.15, 0.2) is 48.5 Å². The standard InChI is InChI=1S/C26H35BN2O5/c1-24(2,3)32-22(30)17-29(23(31)19-10-14-21(28)15-11-19)16-18-8-12-20(13-9-18)27-33-25(4,5)26(6,7)34-27/h8-15H,16-17,28H2,1-7H3. The molecule has 2 aromatic rings. The molecule has 1 amide bonds. The first-order chi connectivity index (χ1) is 15.7. The Morgan fingerprint density at radius 3 is 1.97 bits per heavy atom. The average Bonchev–Trinajstić information content (AvgIpc) is 2.94. The van der Waals surface area contributed by atoms with Crippen molar-refractivity contribution >= 4 is 30.1 Å². The van der Waals surface area contributed by atoms with E-state index in [1.54, 1.807) is 45.0 Å². The van der Waals surface area contributed by atoms with Gasteiger partial charge in [0.1, 0.15) is 12.1 Å². The molecule has 0 atom stereocenters. The Morgan fingerprint density at radius 1 is 0.941 bits per heavy atom. The number of anilines is 1. The molecule has 1 aliphatic heterocycles. The van der Waals surface area contributed by atoms with Gasteiger partial charge in [0, 0.05) is 17.8 Å². The van der Waals surface area contributed by atoms with Crippen LogP contribution in [0.2, 0.25) is 0 Å². The van der Waals surface area contributed by atoms with Gasteiger partial charge in [0.15, 0.2) is 0 Å². The Morgan fingerprint density at radius 2 is 1.47 bits per heavy atom. The number of nitrogens with two attached hydrogens (primary N) is 1. The van der Waals surface area contributed by atoms with E-state index in [2.05, 4.69) is 0 Å². The van der Waals surface area contributed by atoms with Gasteiger partial charge >= 0.3 is 13.1 Å². The van der Waals surface area contributed by atoms with Gasteiger partial charge in [0.25, 0.3) is 5.91 Å². The van der Waals surface area contributed by atoms with E-state index >= 15 is 0 Å². The fourth-order valence-electron chi connectivity index (χ4n) is 3.52. The van der Waals surface area contributed by atoms with Gasteiger partial charge in [0.2, 0.25) is 0 Å². The molecule has 7 nitrogen and oxygen atoms in total. The molecule has 0 aliphatic carbocycles. The van der Waals surface area contributed by atoms with Crippen LogP contribution in [0.5, 0.6) is 0 Å². The van der Waals surface area contributed by atoms with E-state index in [4.69, 9.17) is 19.8 Å². The summed E-state index contributed by atoms with van der Waals surface area (Å²) in [6.45, 7) is 13.5. The zero-order valence-electron chi connectivity index (χ0n) is 21.2. The molecule has 182 valence electrons. The first kappa shape index (κ1) is 25.8. The highest BCUT2D eigenvalue weighted by molar-refractivity contribution is 6.62. The Bertz CT molecular complexity index is 1010. The molecule has 1 aliphatic rings. The number of benzene rings is 2. The molecule has 0 saturated carbocycles. The van der Waals surface area contributed by atoms with Crippen LogP contribution in [0.4, 0.5) is 5.69 Å². The van der Waals surface area contributed by atoms with Crippen molar-refractivity contribution in [3.05, 3.63) is 59.7 Å². The monoisotopic (exact) mass is 466 g/mol. The van der Waals surface area contributed by atoms with E-state index in [0.29, 0.717) is 11.3 Å². The molecule has 0 spiro atoms. The smallest absolute Gasteiger partial charge is 0.459 e. The number of nitrogen functional groups attached to an aromatic ring is 1. The summed E-state index contributed by atoms with van der Waals surface area (Å²) in [6.07, 6.45) is 0. The zero-order valence-corrected chi connectivity index (χ0v) is 21.2. The van der Waals surface area contributed by atoms with E-state index in [1.165, 1.54) is 4.90 Å². The molecule has 0 bridgehead atoms. The maximum Gasteiger partial charge on any atom is 0.494 e. The molecule has 0 aromatic heterocycles. The average molecular weight is 466 g/mol. The van der Waals surface area contributed by atoms with Crippen LogP contribution in [-0.2, 0) is 25.4 Å². The molecule has 2 aromatic carbocycles. The van der Waals surface area contributed by atoms with Crippen LogP contribution in [0.1, 0.15) is 64.4 Å². The molecule has 0 radical (unpaired) electrons. The van der Waals surface area contributed by atoms with Crippen molar-refractivity contribution in [2.24, 2.45) is 0 Å². The lowest BCUT2D eigenvalue weighted by molar-refractivity contribution is -0.155. The van der Waals surface area contributed by atoms with Crippen molar-refractivity contribution in [3.63, 3.8) is 0 Å². The van der Waals surface area contributed by atoms with Gasteiger partial charge in [-0.2, -0.15) is 0 Å². The Labute approximate surface area is 202 Å². The summed E-state index contributed by atoms with van der Waals surface area (Å²) in [6, 6.07) is 14.3. The van der Waals surface area contributed by atoms with Crippen LogP contribution < -0.4 is 11.2 Å². The molecule has 0 unspecified atom stereocenters. The minimum atomic E-state index is -0.641. The topological polar surface area (TPSA) is 91.1 Å². The van der Waals surface area contributed by atoms with E-state index in [-0.39, 0.29) is 19.0 Å². The summed E-state index contributed by atoms with van der Waals surface area (Å²) in [7, 11) is -0.465. The number of hydrogen-bond acceptors (Lipinski definition) is 6. The van der Waals surface area contributed by atoms with Crippen LogP contribution in [0, 0.1) is 0 Å². The molecule has 1 heterocycles. The largest absolute Gasteiger partial charge is 0.494 e. The quantitative estimate of drug-likeness (QED) is 0.398. The number of hydrogen-bond donors (Lipinski definition) is 1. The third-order valence-electron chi connectivity index (χ3n) is 6.06. The highest BCUT2D eigenvalue weighted by atomic mass is 16.7. The van der Waals surface area contributed by atoms with Crippen molar-refractivity contribution in [1.82, 2.24) is 4.90 Å². The third kappa shape index (κ3) is 6.18. The van der Waals surface area contributed by atoms with Gasteiger partial charge in [-0.15, -0.1) is 0 Å². The highest BCUT2D eigenvalue weighted by Crippen LogP contribution is 2.36. The van der Waals surface area contributed by atoms with Crippen molar-refractivity contribution < 1.29 is 23.6 Å². The summed E-state index contributed by atoms with van der Waals surface area (Å²) in [5.74, 6) is -0.744. The van der Waals surface area contributed by atoms with Crippen LogP contribution >= 0.6 is 0 Å². The minimum Gasteiger partial charge on any atom is -0.459 e. The molecule has 1 fully saturated rings. The van der Waals surface area contributed by atoms with E-state index in [9.17, 15) is 9.59 Å². The van der Waals surface area contributed by atoms with Crippen LogP contribution in [0.3, 0.4) is 0 Å². The van der Waals surface area contributed by atoms with Gasteiger partial charge < -0.3 is 24.7 Å². The number of esters is 1. The van der Waals surface area contributed by atoms with Gasteiger partial charge in [-0.25, -0.2) is 0 Å². The van der Waals surface area contributed by atoms with Gasteiger partial charge in [-0.1, -0.05) is 24.3 Å². The lowest BCUT2D eigenvalue weighted by atomic mass is 9.79.